The van der Waals surface area contributed by atoms with Gasteiger partial charge in [0.2, 0.25) is 0 Å². The van der Waals surface area contributed by atoms with Gasteiger partial charge in [-0.25, -0.2) is 8.78 Å². The SMILES string of the molecule is CN=C(NCc1ccco1)NCC1(c2ccc(F)cc2F)CC1. The summed E-state index contributed by atoms with van der Waals surface area (Å²) in [6.07, 6.45) is 3.36. The predicted octanol–water partition coefficient (Wildman–Crippen LogP) is 2.95. The number of guanidine groups is 1. The Morgan fingerprint density at radius 3 is 2.70 bits per heavy atom. The highest BCUT2D eigenvalue weighted by molar-refractivity contribution is 5.79. The van der Waals surface area contributed by atoms with Crippen LogP contribution in [0.5, 0.6) is 0 Å². The van der Waals surface area contributed by atoms with Crippen molar-refractivity contribution in [2.24, 2.45) is 4.99 Å². The number of rotatable bonds is 5. The van der Waals surface area contributed by atoms with Crippen LogP contribution in [0.15, 0.2) is 46.0 Å². The van der Waals surface area contributed by atoms with Crippen LogP contribution in [0.2, 0.25) is 0 Å². The van der Waals surface area contributed by atoms with Gasteiger partial charge < -0.3 is 15.1 Å². The van der Waals surface area contributed by atoms with Crippen molar-refractivity contribution in [3.63, 3.8) is 0 Å². The Labute approximate surface area is 133 Å². The summed E-state index contributed by atoms with van der Waals surface area (Å²) in [6, 6.07) is 7.49. The molecule has 1 heterocycles. The molecule has 23 heavy (non-hydrogen) atoms. The molecule has 1 aliphatic carbocycles. The van der Waals surface area contributed by atoms with Gasteiger partial charge in [0.25, 0.3) is 0 Å². The highest BCUT2D eigenvalue weighted by atomic mass is 19.1. The van der Waals surface area contributed by atoms with Gasteiger partial charge in [-0.1, -0.05) is 6.07 Å². The number of halogens is 2. The smallest absolute Gasteiger partial charge is 0.191 e. The number of aliphatic imine (C=N–C) groups is 1. The molecule has 0 radical (unpaired) electrons. The Hall–Kier alpha value is -2.37. The van der Waals surface area contributed by atoms with E-state index >= 15 is 0 Å². The zero-order chi connectivity index (χ0) is 16.3. The van der Waals surface area contributed by atoms with Gasteiger partial charge in [0.1, 0.15) is 17.4 Å². The lowest BCUT2D eigenvalue weighted by atomic mass is 9.95. The topological polar surface area (TPSA) is 49.6 Å². The maximum Gasteiger partial charge on any atom is 0.191 e. The number of nitrogens with zero attached hydrogens (tertiary/aromatic N) is 1. The molecule has 122 valence electrons. The maximum atomic E-state index is 14.0. The van der Waals surface area contributed by atoms with E-state index in [0.29, 0.717) is 24.6 Å². The number of nitrogens with one attached hydrogen (secondary N) is 2. The monoisotopic (exact) mass is 319 g/mol. The molecule has 0 unspecified atom stereocenters. The lowest BCUT2D eigenvalue weighted by Crippen LogP contribution is -2.41. The lowest BCUT2D eigenvalue weighted by molar-refractivity contribution is 0.500. The number of hydrogen-bond acceptors (Lipinski definition) is 2. The van der Waals surface area contributed by atoms with E-state index < -0.39 is 11.6 Å². The Balaban J connectivity index is 1.60. The van der Waals surface area contributed by atoms with E-state index in [2.05, 4.69) is 15.6 Å². The number of furan rings is 1. The summed E-state index contributed by atoms with van der Waals surface area (Å²) >= 11 is 0. The third-order valence-electron chi connectivity index (χ3n) is 4.18. The summed E-state index contributed by atoms with van der Waals surface area (Å²) < 4.78 is 32.3. The zero-order valence-electron chi connectivity index (χ0n) is 12.9. The molecule has 0 atom stereocenters. The number of hydrogen-bond donors (Lipinski definition) is 2. The van der Waals surface area contributed by atoms with Crippen molar-refractivity contribution < 1.29 is 13.2 Å². The number of benzene rings is 1. The minimum Gasteiger partial charge on any atom is -0.467 e. The minimum absolute atomic E-state index is 0.278. The second-order valence-corrected chi connectivity index (χ2v) is 5.76. The normalized spacial score (nSPS) is 16.2. The molecular weight excluding hydrogens is 300 g/mol. The van der Waals surface area contributed by atoms with Crippen LogP contribution in [0.1, 0.15) is 24.2 Å². The fourth-order valence-corrected chi connectivity index (χ4v) is 2.67. The Bertz CT molecular complexity index is 694. The third-order valence-corrected chi connectivity index (χ3v) is 4.18. The molecule has 1 aromatic heterocycles. The largest absolute Gasteiger partial charge is 0.467 e. The Kier molecular flexibility index (Phi) is 4.32. The van der Waals surface area contributed by atoms with Crippen molar-refractivity contribution in [3.8, 4) is 0 Å². The first-order valence-corrected chi connectivity index (χ1v) is 7.55. The van der Waals surface area contributed by atoms with Gasteiger partial charge in [-0.15, -0.1) is 0 Å². The summed E-state index contributed by atoms with van der Waals surface area (Å²) in [4.78, 5) is 4.15. The summed E-state index contributed by atoms with van der Waals surface area (Å²) in [5.41, 5.74) is 0.285. The minimum atomic E-state index is -0.550. The Morgan fingerprint density at radius 1 is 1.26 bits per heavy atom. The first-order valence-electron chi connectivity index (χ1n) is 7.55. The molecule has 6 heteroatoms. The van der Waals surface area contributed by atoms with Gasteiger partial charge in [0, 0.05) is 25.1 Å². The van der Waals surface area contributed by atoms with Crippen molar-refractivity contribution in [1.82, 2.24) is 10.6 Å². The van der Waals surface area contributed by atoms with E-state index in [9.17, 15) is 8.78 Å². The summed E-state index contributed by atoms with van der Waals surface area (Å²) in [5, 5.41) is 6.35. The maximum absolute atomic E-state index is 14.0. The van der Waals surface area contributed by atoms with Crippen LogP contribution in [-0.4, -0.2) is 19.6 Å². The molecule has 0 spiro atoms. The van der Waals surface area contributed by atoms with E-state index in [1.54, 1.807) is 19.4 Å². The van der Waals surface area contributed by atoms with Crippen LogP contribution in [0.3, 0.4) is 0 Å². The molecular formula is C17H19F2N3O. The van der Waals surface area contributed by atoms with Crippen molar-refractivity contribution in [1.29, 1.82) is 0 Å². The summed E-state index contributed by atoms with van der Waals surface area (Å²) in [7, 11) is 1.68. The van der Waals surface area contributed by atoms with Gasteiger partial charge in [-0.05, 0) is 36.6 Å². The first-order chi connectivity index (χ1) is 11.1. The zero-order valence-corrected chi connectivity index (χ0v) is 12.9. The second-order valence-electron chi connectivity index (χ2n) is 5.76. The molecule has 3 rings (SSSR count). The molecule has 0 aliphatic heterocycles. The van der Waals surface area contributed by atoms with Crippen LogP contribution in [0, 0.1) is 11.6 Å². The van der Waals surface area contributed by atoms with Gasteiger partial charge >= 0.3 is 0 Å². The molecule has 1 aliphatic rings. The van der Waals surface area contributed by atoms with Crippen LogP contribution in [0.4, 0.5) is 8.78 Å². The predicted molar refractivity (Wildman–Crippen MR) is 84.2 cm³/mol. The highest BCUT2D eigenvalue weighted by Crippen LogP contribution is 2.48. The van der Waals surface area contributed by atoms with Crippen LogP contribution >= 0.6 is 0 Å². The molecule has 1 aromatic carbocycles. The second kappa shape index (κ2) is 6.40. The Morgan fingerprint density at radius 2 is 2.09 bits per heavy atom. The fraction of sp³-hybridized carbons (Fsp3) is 0.353. The summed E-state index contributed by atoms with van der Waals surface area (Å²) in [6.45, 7) is 1.07. The molecule has 2 aromatic rings. The van der Waals surface area contributed by atoms with E-state index in [1.165, 1.54) is 6.07 Å². The molecule has 0 amide bonds. The molecule has 2 N–H and O–H groups in total. The first kappa shape index (κ1) is 15.5. The summed E-state index contributed by atoms with van der Waals surface area (Å²) in [5.74, 6) is 0.391. The van der Waals surface area contributed by atoms with Gasteiger partial charge in [0.15, 0.2) is 5.96 Å². The van der Waals surface area contributed by atoms with Crippen molar-refractivity contribution in [2.75, 3.05) is 13.6 Å². The third kappa shape index (κ3) is 3.52. The van der Waals surface area contributed by atoms with Crippen molar-refractivity contribution in [3.05, 3.63) is 59.6 Å². The average molecular weight is 319 g/mol. The standard InChI is InChI=1S/C17H19F2N3O/c1-20-16(21-10-13-3-2-8-23-13)22-11-17(6-7-17)14-5-4-12(18)9-15(14)19/h2-5,8-9H,6-7,10-11H2,1H3,(H2,20,21,22). The van der Waals surface area contributed by atoms with Gasteiger partial charge in [0.05, 0.1) is 12.8 Å². The van der Waals surface area contributed by atoms with Crippen molar-refractivity contribution >= 4 is 5.96 Å². The molecule has 1 fully saturated rings. The lowest BCUT2D eigenvalue weighted by Gasteiger charge is -2.19. The van der Waals surface area contributed by atoms with Gasteiger partial charge in [-0.3, -0.25) is 4.99 Å². The highest BCUT2D eigenvalue weighted by Gasteiger charge is 2.46. The molecule has 1 saturated carbocycles. The van der Waals surface area contributed by atoms with Crippen LogP contribution in [-0.2, 0) is 12.0 Å². The molecule has 0 saturated heterocycles. The quantitative estimate of drug-likeness (QED) is 0.658. The fourth-order valence-electron chi connectivity index (χ4n) is 2.67. The van der Waals surface area contributed by atoms with E-state index in [1.807, 2.05) is 12.1 Å². The van der Waals surface area contributed by atoms with Crippen molar-refractivity contribution in [2.45, 2.75) is 24.8 Å². The molecule has 4 nitrogen and oxygen atoms in total. The van der Waals surface area contributed by atoms with Crippen LogP contribution in [0.25, 0.3) is 0 Å². The van der Waals surface area contributed by atoms with Gasteiger partial charge in [-0.2, -0.15) is 0 Å². The molecule has 0 bridgehead atoms. The van der Waals surface area contributed by atoms with Crippen LogP contribution < -0.4 is 10.6 Å². The van der Waals surface area contributed by atoms with E-state index in [-0.39, 0.29) is 5.41 Å². The average Bonchev–Trinajstić information content (AvgIpc) is 3.12. The van der Waals surface area contributed by atoms with E-state index in [4.69, 9.17) is 4.42 Å². The van der Waals surface area contributed by atoms with E-state index in [0.717, 1.165) is 24.7 Å².